The molecule has 0 radical (unpaired) electrons. The van der Waals surface area contributed by atoms with Gasteiger partial charge >= 0.3 is 0 Å². The number of sulfonamides is 1. The first-order valence-electron chi connectivity index (χ1n) is 9.63. The number of benzene rings is 2. The van der Waals surface area contributed by atoms with Crippen LogP contribution in [-0.2, 0) is 14.8 Å². The fourth-order valence-electron chi connectivity index (χ4n) is 3.62. The molecule has 1 aromatic heterocycles. The van der Waals surface area contributed by atoms with Gasteiger partial charge < -0.3 is 10.3 Å². The smallest absolute Gasteiger partial charge is 0.248 e. The number of carbonyl (C=O) groups is 1. The summed E-state index contributed by atoms with van der Waals surface area (Å²) in [6.07, 6.45) is 0.724. The minimum atomic E-state index is -3.73. The van der Waals surface area contributed by atoms with Gasteiger partial charge in [0.25, 0.3) is 0 Å². The molecular formula is C21H19ClFN3O4S. The van der Waals surface area contributed by atoms with Crippen molar-refractivity contribution in [2.45, 2.75) is 17.7 Å². The first kappa shape index (κ1) is 21.5. The summed E-state index contributed by atoms with van der Waals surface area (Å²) in [6, 6.07) is 11.4. The van der Waals surface area contributed by atoms with Crippen LogP contribution in [0.2, 0.25) is 5.02 Å². The number of hydrogen-bond acceptors (Lipinski definition) is 4. The Labute approximate surface area is 182 Å². The second kappa shape index (κ2) is 8.41. The van der Waals surface area contributed by atoms with Gasteiger partial charge in [0.1, 0.15) is 5.82 Å². The summed E-state index contributed by atoms with van der Waals surface area (Å²) in [6.45, 7) is 0.405. The molecule has 0 atom stereocenters. The molecule has 2 aromatic carbocycles. The number of halogens is 2. The van der Waals surface area contributed by atoms with Crippen LogP contribution < -0.4 is 10.9 Å². The number of piperidine rings is 1. The van der Waals surface area contributed by atoms with Crippen molar-refractivity contribution < 1.29 is 17.6 Å². The Hall–Kier alpha value is -2.75. The molecule has 1 amide bonds. The van der Waals surface area contributed by atoms with Gasteiger partial charge in [0, 0.05) is 36.3 Å². The van der Waals surface area contributed by atoms with Gasteiger partial charge in [-0.05, 0) is 60.7 Å². The van der Waals surface area contributed by atoms with Crippen LogP contribution in [-0.4, -0.2) is 36.7 Å². The minimum absolute atomic E-state index is 0.0850. The molecule has 10 heteroatoms. The molecule has 1 fully saturated rings. The van der Waals surface area contributed by atoms with Crippen LogP contribution in [0.25, 0.3) is 10.9 Å². The maximum atomic E-state index is 13.3. The summed E-state index contributed by atoms with van der Waals surface area (Å²) < 4.78 is 40.7. The number of rotatable bonds is 4. The molecule has 0 aliphatic carbocycles. The molecule has 0 bridgehead atoms. The lowest BCUT2D eigenvalue weighted by molar-refractivity contribution is -0.120. The lowest BCUT2D eigenvalue weighted by atomic mass is 9.97. The topological polar surface area (TPSA) is 99.3 Å². The van der Waals surface area contributed by atoms with E-state index in [4.69, 9.17) is 11.6 Å². The molecule has 7 nitrogen and oxygen atoms in total. The maximum Gasteiger partial charge on any atom is 0.248 e. The summed E-state index contributed by atoms with van der Waals surface area (Å²) in [7, 11) is -3.73. The van der Waals surface area contributed by atoms with Crippen molar-refractivity contribution in [3.05, 3.63) is 69.7 Å². The van der Waals surface area contributed by atoms with Crippen LogP contribution >= 0.6 is 11.6 Å². The Morgan fingerprint density at radius 1 is 1.10 bits per heavy atom. The zero-order chi connectivity index (χ0) is 22.2. The lowest BCUT2D eigenvalue weighted by Gasteiger charge is -2.30. The zero-order valence-corrected chi connectivity index (χ0v) is 17.8. The van der Waals surface area contributed by atoms with Crippen molar-refractivity contribution in [3.8, 4) is 0 Å². The number of aromatic amines is 1. The van der Waals surface area contributed by atoms with Crippen LogP contribution in [0, 0.1) is 11.7 Å². The summed E-state index contributed by atoms with van der Waals surface area (Å²) >= 11 is 5.74. The highest BCUT2D eigenvalue weighted by atomic mass is 35.5. The highest BCUT2D eigenvalue weighted by molar-refractivity contribution is 7.89. The van der Waals surface area contributed by atoms with Gasteiger partial charge in [0.05, 0.1) is 9.92 Å². The minimum Gasteiger partial charge on any atom is -0.326 e. The van der Waals surface area contributed by atoms with E-state index in [2.05, 4.69) is 10.3 Å². The number of hydrogen-bond donors (Lipinski definition) is 2. The van der Waals surface area contributed by atoms with E-state index in [-0.39, 0.29) is 40.4 Å². The van der Waals surface area contributed by atoms with E-state index in [0.717, 1.165) is 0 Å². The second-order valence-electron chi connectivity index (χ2n) is 7.37. The van der Waals surface area contributed by atoms with Crippen molar-refractivity contribution in [3.63, 3.8) is 0 Å². The van der Waals surface area contributed by atoms with Gasteiger partial charge in [-0.3, -0.25) is 9.59 Å². The molecule has 0 spiro atoms. The van der Waals surface area contributed by atoms with E-state index in [0.29, 0.717) is 29.4 Å². The summed E-state index contributed by atoms with van der Waals surface area (Å²) in [4.78, 5) is 26.7. The number of pyridine rings is 1. The van der Waals surface area contributed by atoms with Crippen molar-refractivity contribution in [2.24, 2.45) is 5.92 Å². The average Bonchev–Trinajstić information content (AvgIpc) is 2.76. The van der Waals surface area contributed by atoms with Crippen LogP contribution in [0.5, 0.6) is 0 Å². The third-order valence-corrected chi connectivity index (χ3v) is 7.53. The molecule has 1 aliphatic rings. The Morgan fingerprint density at radius 3 is 2.55 bits per heavy atom. The van der Waals surface area contributed by atoms with Gasteiger partial charge in [-0.25, -0.2) is 12.8 Å². The molecule has 3 aromatic rings. The highest BCUT2D eigenvalue weighted by Crippen LogP contribution is 2.27. The standard InChI is InChI=1S/C21H19ClFN3O4S/c22-17-12-15(2-4-18(17)23)24-21(28)13-7-9-26(10-8-13)31(29,30)16-3-5-19-14(11-16)1-6-20(27)25-19/h1-6,11-13H,7-10H2,(H,24,28)(H,25,27). The Kier molecular flexibility index (Phi) is 5.83. The predicted octanol–water partition coefficient (Wildman–Crippen LogP) is 3.36. The Bertz CT molecular complexity index is 1320. The number of H-pyrrole nitrogens is 1. The SMILES string of the molecule is O=C(Nc1ccc(F)c(Cl)c1)C1CCN(S(=O)(=O)c2ccc3[nH]c(=O)ccc3c2)CC1. The lowest BCUT2D eigenvalue weighted by Crippen LogP contribution is -2.41. The van der Waals surface area contributed by atoms with Gasteiger partial charge in [-0.1, -0.05) is 11.6 Å². The van der Waals surface area contributed by atoms with E-state index < -0.39 is 15.8 Å². The molecule has 162 valence electrons. The van der Waals surface area contributed by atoms with Crippen molar-refractivity contribution in [2.75, 3.05) is 18.4 Å². The van der Waals surface area contributed by atoms with Gasteiger partial charge in [-0.2, -0.15) is 4.31 Å². The van der Waals surface area contributed by atoms with E-state index in [9.17, 15) is 22.4 Å². The molecule has 0 saturated carbocycles. The number of carbonyl (C=O) groups excluding carboxylic acids is 1. The molecule has 31 heavy (non-hydrogen) atoms. The molecule has 0 unspecified atom stereocenters. The molecule has 4 rings (SSSR count). The normalized spacial score (nSPS) is 15.8. The number of fused-ring (bicyclic) bond motifs is 1. The van der Waals surface area contributed by atoms with E-state index in [1.807, 2.05) is 0 Å². The molecule has 2 N–H and O–H groups in total. The molecular weight excluding hydrogens is 445 g/mol. The van der Waals surface area contributed by atoms with Crippen molar-refractivity contribution >= 4 is 44.1 Å². The predicted molar refractivity (Wildman–Crippen MR) is 116 cm³/mol. The third-order valence-electron chi connectivity index (χ3n) is 5.34. The average molecular weight is 464 g/mol. The van der Waals surface area contributed by atoms with Crippen LogP contribution in [0.3, 0.4) is 0 Å². The van der Waals surface area contributed by atoms with Crippen molar-refractivity contribution in [1.29, 1.82) is 0 Å². The van der Waals surface area contributed by atoms with Gasteiger partial charge in [0.15, 0.2) is 0 Å². The quantitative estimate of drug-likeness (QED) is 0.619. The van der Waals surface area contributed by atoms with Gasteiger partial charge in [-0.15, -0.1) is 0 Å². The zero-order valence-electron chi connectivity index (χ0n) is 16.3. The number of aromatic nitrogens is 1. The van der Waals surface area contributed by atoms with Crippen LogP contribution in [0.1, 0.15) is 12.8 Å². The van der Waals surface area contributed by atoms with Crippen molar-refractivity contribution in [1.82, 2.24) is 9.29 Å². The van der Waals surface area contributed by atoms with Crippen LogP contribution in [0.15, 0.2) is 58.2 Å². The maximum absolute atomic E-state index is 13.3. The fraction of sp³-hybridized carbons (Fsp3) is 0.238. The molecule has 1 aliphatic heterocycles. The first-order chi connectivity index (χ1) is 14.7. The molecule has 1 saturated heterocycles. The third kappa shape index (κ3) is 4.48. The number of anilines is 1. The van der Waals surface area contributed by atoms with E-state index in [1.54, 1.807) is 12.1 Å². The summed E-state index contributed by atoms with van der Waals surface area (Å²) in [5.41, 5.74) is 0.690. The monoisotopic (exact) mass is 463 g/mol. The number of amides is 1. The largest absolute Gasteiger partial charge is 0.326 e. The number of nitrogens with one attached hydrogen (secondary N) is 2. The second-order valence-corrected chi connectivity index (χ2v) is 9.71. The van der Waals surface area contributed by atoms with Crippen LogP contribution in [0.4, 0.5) is 10.1 Å². The summed E-state index contributed by atoms with van der Waals surface area (Å²) in [5.74, 6) is -1.19. The summed E-state index contributed by atoms with van der Waals surface area (Å²) in [5, 5.41) is 3.24. The van der Waals surface area contributed by atoms with E-state index in [1.165, 1.54) is 40.7 Å². The highest BCUT2D eigenvalue weighted by Gasteiger charge is 2.32. The number of nitrogens with zero attached hydrogens (tertiary/aromatic N) is 1. The molecule has 2 heterocycles. The fourth-order valence-corrected chi connectivity index (χ4v) is 5.30. The van der Waals surface area contributed by atoms with E-state index >= 15 is 0 Å². The Balaban J connectivity index is 1.43. The Morgan fingerprint density at radius 2 is 1.84 bits per heavy atom. The van der Waals surface area contributed by atoms with Gasteiger partial charge in [0.2, 0.25) is 21.5 Å². The first-order valence-corrected chi connectivity index (χ1v) is 11.4.